The van der Waals surface area contributed by atoms with E-state index in [1.807, 2.05) is 20.8 Å². The summed E-state index contributed by atoms with van der Waals surface area (Å²) in [5.74, 6) is 0.268. The summed E-state index contributed by atoms with van der Waals surface area (Å²) in [4.78, 5) is 10.1. The van der Waals surface area contributed by atoms with Crippen LogP contribution in [0.15, 0.2) is 12.1 Å². The molecule has 0 atom stereocenters. The van der Waals surface area contributed by atoms with E-state index in [1.165, 1.54) is 12.1 Å². The van der Waals surface area contributed by atoms with Crippen molar-refractivity contribution in [3.63, 3.8) is 0 Å². The Labute approximate surface area is 122 Å². The first-order valence-electron chi connectivity index (χ1n) is 5.72. The van der Waals surface area contributed by atoms with Crippen molar-refractivity contribution in [2.24, 2.45) is 0 Å². The number of rotatable bonds is 5. The molecule has 0 spiro atoms. The molecule has 0 heterocycles. The third-order valence-electron chi connectivity index (χ3n) is 2.20. The average Bonchev–Trinajstić information content (AvgIpc) is 2.25. The Kier molecular flexibility index (Phi) is 5.40. The summed E-state index contributed by atoms with van der Waals surface area (Å²) >= 11 is 11.8. The van der Waals surface area contributed by atoms with E-state index in [1.54, 1.807) is 0 Å². The SMILES string of the molecule is CC(C)(C)NCCOc1c(Cl)cc([N+](=O)[O-])cc1Cl. The number of hydrogen-bond donors (Lipinski definition) is 1. The second kappa shape index (κ2) is 6.41. The predicted octanol–water partition coefficient (Wildman–Crippen LogP) is 3.67. The second-order valence-electron chi connectivity index (χ2n) is 5.02. The lowest BCUT2D eigenvalue weighted by Gasteiger charge is -2.20. The number of nitrogens with zero attached hydrogens (tertiary/aromatic N) is 1. The Bertz CT molecular complexity index is 450. The van der Waals surface area contributed by atoms with Gasteiger partial charge in [0, 0.05) is 24.2 Å². The van der Waals surface area contributed by atoms with Gasteiger partial charge in [0.1, 0.15) is 6.61 Å². The number of non-ortho nitro benzene ring substituents is 1. The quantitative estimate of drug-likeness (QED) is 0.512. The zero-order valence-corrected chi connectivity index (χ0v) is 12.5. The van der Waals surface area contributed by atoms with E-state index in [0.29, 0.717) is 13.2 Å². The van der Waals surface area contributed by atoms with Crippen LogP contribution in [0.2, 0.25) is 10.0 Å². The Morgan fingerprint density at radius 2 is 1.84 bits per heavy atom. The highest BCUT2D eigenvalue weighted by atomic mass is 35.5. The molecule has 1 aromatic rings. The minimum absolute atomic E-state index is 0.00752. The molecule has 0 aliphatic carbocycles. The van der Waals surface area contributed by atoms with Crippen LogP contribution < -0.4 is 10.1 Å². The standard InChI is InChI=1S/C12H16Cl2N2O3/c1-12(2,3)15-4-5-19-11-9(13)6-8(16(17)18)7-10(11)14/h6-7,15H,4-5H2,1-3H3. The fourth-order valence-electron chi connectivity index (χ4n) is 1.37. The third kappa shape index (κ3) is 5.22. The van der Waals surface area contributed by atoms with Crippen LogP contribution in [0.3, 0.4) is 0 Å². The molecule has 0 amide bonds. The van der Waals surface area contributed by atoms with Gasteiger partial charge in [0.25, 0.3) is 5.69 Å². The smallest absolute Gasteiger partial charge is 0.272 e. The number of nitro benzene ring substituents is 1. The summed E-state index contributed by atoms with van der Waals surface area (Å²) in [7, 11) is 0. The van der Waals surface area contributed by atoms with Gasteiger partial charge in [0.15, 0.2) is 5.75 Å². The molecule has 0 aliphatic rings. The van der Waals surface area contributed by atoms with Crippen LogP contribution >= 0.6 is 23.2 Å². The van der Waals surface area contributed by atoms with Crippen molar-refractivity contribution in [2.45, 2.75) is 26.3 Å². The van der Waals surface area contributed by atoms with Gasteiger partial charge in [-0.3, -0.25) is 10.1 Å². The van der Waals surface area contributed by atoms with Crippen LogP contribution in [0.4, 0.5) is 5.69 Å². The molecule has 1 N–H and O–H groups in total. The number of halogens is 2. The van der Waals surface area contributed by atoms with E-state index in [4.69, 9.17) is 27.9 Å². The number of benzene rings is 1. The molecular weight excluding hydrogens is 291 g/mol. The van der Waals surface area contributed by atoms with Gasteiger partial charge in [-0.05, 0) is 20.8 Å². The largest absolute Gasteiger partial charge is 0.489 e. The fraction of sp³-hybridized carbons (Fsp3) is 0.500. The van der Waals surface area contributed by atoms with Gasteiger partial charge in [-0.1, -0.05) is 23.2 Å². The van der Waals surface area contributed by atoms with E-state index < -0.39 is 4.92 Å². The Morgan fingerprint density at radius 3 is 2.26 bits per heavy atom. The van der Waals surface area contributed by atoms with Gasteiger partial charge in [0.05, 0.1) is 15.0 Å². The van der Waals surface area contributed by atoms with Crippen LogP contribution in [-0.2, 0) is 0 Å². The maximum Gasteiger partial charge on any atom is 0.272 e. The Balaban J connectivity index is 2.67. The van der Waals surface area contributed by atoms with Crippen molar-refractivity contribution in [3.05, 3.63) is 32.3 Å². The lowest BCUT2D eigenvalue weighted by Crippen LogP contribution is -2.38. The van der Waals surface area contributed by atoms with E-state index in [9.17, 15) is 10.1 Å². The van der Waals surface area contributed by atoms with E-state index >= 15 is 0 Å². The first-order chi connectivity index (χ1) is 8.70. The minimum Gasteiger partial charge on any atom is -0.489 e. The molecule has 0 bridgehead atoms. The Morgan fingerprint density at radius 1 is 1.32 bits per heavy atom. The fourth-order valence-corrected chi connectivity index (χ4v) is 1.95. The first kappa shape index (κ1) is 16.0. The number of ether oxygens (including phenoxy) is 1. The molecule has 0 saturated heterocycles. The molecule has 5 nitrogen and oxygen atoms in total. The lowest BCUT2D eigenvalue weighted by molar-refractivity contribution is -0.384. The van der Waals surface area contributed by atoms with Crippen molar-refractivity contribution in [2.75, 3.05) is 13.2 Å². The summed E-state index contributed by atoms with van der Waals surface area (Å²) in [6.45, 7) is 7.11. The summed E-state index contributed by atoms with van der Waals surface area (Å²) < 4.78 is 5.45. The van der Waals surface area contributed by atoms with Crippen molar-refractivity contribution in [1.29, 1.82) is 0 Å². The lowest BCUT2D eigenvalue weighted by atomic mass is 10.1. The van der Waals surface area contributed by atoms with Gasteiger partial charge >= 0.3 is 0 Å². The van der Waals surface area contributed by atoms with Gasteiger partial charge in [-0.2, -0.15) is 0 Å². The molecule has 0 aromatic heterocycles. The van der Waals surface area contributed by atoms with Crippen LogP contribution in [-0.4, -0.2) is 23.6 Å². The second-order valence-corrected chi connectivity index (χ2v) is 5.84. The molecule has 1 aromatic carbocycles. The number of nitro groups is 1. The molecule has 106 valence electrons. The monoisotopic (exact) mass is 306 g/mol. The molecule has 0 aliphatic heterocycles. The highest BCUT2D eigenvalue weighted by Crippen LogP contribution is 2.36. The van der Waals surface area contributed by atoms with Gasteiger partial charge in [-0.15, -0.1) is 0 Å². The molecule has 0 saturated carbocycles. The normalized spacial score (nSPS) is 11.4. The molecule has 0 fully saturated rings. The minimum atomic E-state index is -0.553. The van der Waals surface area contributed by atoms with Crippen LogP contribution in [0, 0.1) is 10.1 Å². The zero-order chi connectivity index (χ0) is 14.6. The van der Waals surface area contributed by atoms with Crippen molar-refractivity contribution >= 4 is 28.9 Å². The zero-order valence-electron chi connectivity index (χ0n) is 11.0. The third-order valence-corrected chi connectivity index (χ3v) is 2.76. The average molecular weight is 307 g/mol. The summed E-state index contributed by atoms with van der Waals surface area (Å²) in [5, 5.41) is 14.1. The van der Waals surface area contributed by atoms with Crippen molar-refractivity contribution in [3.8, 4) is 5.75 Å². The maximum absolute atomic E-state index is 10.6. The van der Waals surface area contributed by atoms with Gasteiger partial charge in [-0.25, -0.2) is 0 Å². The number of hydrogen-bond acceptors (Lipinski definition) is 4. The molecule has 0 radical (unpaired) electrons. The summed E-state index contributed by atoms with van der Waals surface area (Å²) in [5.41, 5.74) is -0.165. The topological polar surface area (TPSA) is 64.4 Å². The van der Waals surface area contributed by atoms with E-state index in [2.05, 4.69) is 5.32 Å². The van der Waals surface area contributed by atoms with Gasteiger partial charge < -0.3 is 10.1 Å². The highest BCUT2D eigenvalue weighted by Gasteiger charge is 2.16. The van der Waals surface area contributed by atoms with E-state index in [-0.39, 0.29) is 27.0 Å². The Hall–Kier alpha value is -1.04. The van der Waals surface area contributed by atoms with E-state index in [0.717, 1.165) is 0 Å². The maximum atomic E-state index is 10.6. The van der Waals surface area contributed by atoms with Crippen molar-refractivity contribution in [1.82, 2.24) is 5.32 Å². The van der Waals surface area contributed by atoms with Gasteiger partial charge in [0.2, 0.25) is 0 Å². The van der Waals surface area contributed by atoms with Crippen LogP contribution in [0.1, 0.15) is 20.8 Å². The van der Waals surface area contributed by atoms with Crippen LogP contribution in [0.5, 0.6) is 5.75 Å². The molecule has 7 heteroatoms. The molecular formula is C12H16Cl2N2O3. The first-order valence-corrected chi connectivity index (χ1v) is 6.47. The highest BCUT2D eigenvalue weighted by molar-refractivity contribution is 6.37. The summed E-state index contributed by atoms with van der Waals surface area (Å²) in [6, 6.07) is 2.44. The number of nitrogens with one attached hydrogen (secondary N) is 1. The molecule has 0 unspecified atom stereocenters. The van der Waals surface area contributed by atoms with Crippen molar-refractivity contribution < 1.29 is 9.66 Å². The van der Waals surface area contributed by atoms with Crippen LogP contribution in [0.25, 0.3) is 0 Å². The predicted molar refractivity (Wildman–Crippen MR) is 76.4 cm³/mol. The molecule has 1 rings (SSSR count). The molecule has 19 heavy (non-hydrogen) atoms. The summed E-state index contributed by atoms with van der Waals surface area (Å²) in [6.07, 6.45) is 0.